The van der Waals surface area contributed by atoms with E-state index < -0.39 is 5.54 Å². The molecule has 1 aromatic carbocycles. The number of aliphatic hydroxyl groups excluding tert-OH is 1. The summed E-state index contributed by atoms with van der Waals surface area (Å²) in [5, 5.41) is 13.0. The van der Waals surface area contributed by atoms with Crippen molar-refractivity contribution >= 4 is 11.5 Å². The molecular formula is C15H19N3O. The van der Waals surface area contributed by atoms with Crippen LogP contribution >= 0.6 is 0 Å². The Morgan fingerprint density at radius 2 is 1.95 bits per heavy atom. The Labute approximate surface area is 113 Å². The molecule has 1 aromatic heterocycles. The van der Waals surface area contributed by atoms with Crippen LogP contribution in [0.15, 0.2) is 42.6 Å². The lowest BCUT2D eigenvalue weighted by atomic mass is 9.93. The van der Waals surface area contributed by atoms with Gasteiger partial charge in [-0.2, -0.15) is 0 Å². The Hall–Kier alpha value is -2.07. The summed E-state index contributed by atoms with van der Waals surface area (Å²) in [7, 11) is 0. The Morgan fingerprint density at radius 3 is 2.58 bits per heavy atom. The smallest absolute Gasteiger partial charge is 0.150 e. The molecule has 0 fully saturated rings. The highest BCUT2D eigenvalue weighted by atomic mass is 16.3. The zero-order valence-corrected chi connectivity index (χ0v) is 11.2. The molecule has 2 rings (SSSR count). The van der Waals surface area contributed by atoms with E-state index in [2.05, 4.69) is 10.3 Å². The van der Waals surface area contributed by atoms with Crippen LogP contribution in [0.1, 0.15) is 18.1 Å². The van der Waals surface area contributed by atoms with E-state index in [1.807, 2.05) is 50.2 Å². The zero-order chi connectivity index (χ0) is 13.9. The molecule has 4 heteroatoms. The van der Waals surface area contributed by atoms with E-state index in [9.17, 15) is 5.11 Å². The van der Waals surface area contributed by atoms with Crippen molar-refractivity contribution in [1.29, 1.82) is 0 Å². The van der Waals surface area contributed by atoms with Crippen molar-refractivity contribution in [3.8, 4) is 0 Å². The third kappa shape index (κ3) is 2.69. The number of rotatable bonds is 4. The largest absolute Gasteiger partial charge is 0.396 e. The normalized spacial score (nSPS) is 13.8. The second-order valence-electron chi connectivity index (χ2n) is 4.87. The molecular weight excluding hydrogens is 238 g/mol. The van der Waals surface area contributed by atoms with Gasteiger partial charge in [0.15, 0.2) is 0 Å². The highest BCUT2D eigenvalue weighted by molar-refractivity contribution is 5.66. The average molecular weight is 257 g/mol. The Bertz CT molecular complexity index is 557. The molecule has 2 aromatic rings. The molecule has 19 heavy (non-hydrogen) atoms. The summed E-state index contributed by atoms with van der Waals surface area (Å²) in [5.74, 6) is 0.598. The number of aliphatic hydroxyl groups is 1. The van der Waals surface area contributed by atoms with Crippen molar-refractivity contribution in [2.24, 2.45) is 0 Å². The maximum absolute atomic E-state index is 9.73. The monoisotopic (exact) mass is 257 g/mol. The van der Waals surface area contributed by atoms with E-state index in [1.165, 1.54) is 0 Å². The number of hydrogen-bond acceptors (Lipinski definition) is 4. The lowest BCUT2D eigenvalue weighted by molar-refractivity contribution is 0.224. The third-order valence-electron chi connectivity index (χ3n) is 3.33. The lowest BCUT2D eigenvalue weighted by Gasteiger charge is -2.30. The summed E-state index contributed by atoms with van der Waals surface area (Å²) < 4.78 is 0. The van der Waals surface area contributed by atoms with E-state index in [1.54, 1.807) is 6.20 Å². The summed E-state index contributed by atoms with van der Waals surface area (Å²) in [6.45, 7) is 3.80. The van der Waals surface area contributed by atoms with Crippen molar-refractivity contribution in [3.05, 3.63) is 53.7 Å². The van der Waals surface area contributed by atoms with E-state index in [4.69, 9.17) is 5.73 Å². The van der Waals surface area contributed by atoms with E-state index >= 15 is 0 Å². The number of benzene rings is 1. The van der Waals surface area contributed by atoms with Crippen molar-refractivity contribution in [3.63, 3.8) is 0 Å². The Kier molecular flexibility index (Phi) is 3.71. The number of nitrogens with two attached hydrogens (primary N) is 1. The van der Waals surface area contributed by atoms with Crippen LogP contribution in [0.25, 0.3) is 0 Å². The number of nitrogen functional groups attached to an aromatic ring is 1. The molecule has 1 heterocycles. The van der Waals surface area contributed by atoms with Crippen molar-refractivity contribution in [2.75, 3.05) is 17.7 Å². The van der Waals surface area contributed by atoms with Gasteiger partial charge >= 0.3 is 0 Å². The van der Waals surface area contributed by atoms with Gasteiger partial charge in [-0.25, -0.2) is 4.98 Å². The molecule has 0 aliphatic heterocycles. The molecule has 1 atom stereocenters. The number of anilines is 2. The van der Waals surface area contributed by atoms with Gasteiger partial charge in [-0.15, -0.1) is 0 Å². The van der Waals surface area contributed by atoms with Gasteiger partial charge in [0, 0.05) is 6.20 Å². The number of pyridine rings is 1. The van der Waals surface area contributed by atoms with Gasteiger partial charge in [-0.1, -0.05) is 30.3 Å². The number of nitrogens with one attached hydrogen (secondary N) is 1. The highest BCUT2D eigenvalue weighted by Crippen LogP contribution is 2.28. The zero-order valence-electron chi connectivity index (χ0n) is 11.2. The Balaban J connectivity index is 2.36. The number of nitrogens with zero attached hydrogens (tertiary/aromatic N) is 1. The van der Waals surface area contributed by atoms with Crippen LogP contribution < -0.4 is 11.1 Å². The third-order valence-corrected chi connectivity index (χ3v) is 3.33. The first-order valence-electron chi connectivity index (χ1n) is 6.22. The number of hydrogen-bond donors (Lipinski definition) is 3. The molecule has 4 N–H and O–H groups in total. The van der Waals surface area contributed by atoms with Gasteiger partial charge in [0.25, 0.3) is 0 Å². The first-order chi connectivity index (χ1) is 9.07. The summed E-state index contributed by atoms with van der Waals surface area (Å²) in [4.78, 5) is 4.25. The minimum atomic E-state index is -0.615. The molecule has 0 aliphatic rings. The van der Waals surface area contributed by atoms with Crippen LogP contribution in [0.2, 0.25) is 0 Å². The van der Waals surface area contributed by atoms with E-state index in [-0.39, 0.29) is 6.61 Å². The fourth-order valence-electron chi connectivity index (χ4n) is 1.94. The van der Waals surface area contributed by atoms with E-state index in [0.29, 0.717) is 11.5 Å². The molecule has 0 spiro atoms. The second kappa shape index (κ2) is 5.28. The predicted molar refractivity (Wildman–Crippen MR) is 77.9 cm³/mol. The lowest BCUT2D eigenvalue weighted by Crippen LogP contribution is -2.36. The van der Waals surface area contributed by atoms with Gasteiger partial charge in [-0.3, -0.25) is 0 Å². The first-order valence-corrected chi connectivity index (χ1v) is 6.22. The second-order valence-corrected chi connectivity index (χ2v) is 4.87. The molecule has 0 amide bonds. The SMILES string of the molecule is Cc1ccnc(NC(C)(CO)c2ccccc2)c1N. The molecule has 0 saturated carbocycles. The predicted octanol–water partition coefficient (Wildman–Crippen LogP) is 2.29. The van der Waals surface area contributed by atoms with Crippen LogP contribution in [0, 0.1) is 6.92 Å². The molecule has 0 radical (unpaired) electrons. The molecule has 0 bridgehead atoms. The van der Waals surface area contributed by atoms with Crippen LogP contribution in [-0.4, -0.2) is 16.7 Å². The fourth-order valence-corrected chi connectivity index (χ4v) is 1.94. The van der Waals surface area contributed by atoms with Crippen LogP contribution in [0.5, 0.6) is 0 Å². The molecule has 1 unspecified atom stereocenters. The maximum atomic E-state index is 9.73. The van der Waals surface area contributed by atoms with Gasteiger partial charge in [0.2, 0.25) is 0 Å². The molecule has 0 aliphatic carbocycles. The van der Waals surface area contributed by atoms with Gasteiger partial charge in [0.1, 0.15) is 5.82 Å². The standard InChI is InChI=1S/C15H19N3O/c1-11-8-9-17-14(13(11)16)18-15(2,10-19)12-6-4-3-5-7-12/h3-9,19H,10,16H2,1-2H3,(H,17,18). The first kappa shape index (κ1) is 13.4. The summed E-state index contributed by atoms with van der Waals surface area (Å²) >= 11 is 0. The maximum Gasteiger partial charge on any atom is 0.150 e. The van der Waals surface area contributed by atoms with Crippen molar-refractivity contribution in [1.82, 2.24) is 4.98 Å². The topological polar surface area (TPSA) is 71.2 Å². The number of aryl methyl sites for hydroxylation is 1. The minimum Gasteiger partial charge on any atom is -0.396 e. The van der Waals surface area contributed by atoms with E-state index in [0.717, 1.165) is 11.1 Å². The minimum absolute atomic E-state index is 0.0495. The quantitative estimate of drug-likeness (QED) is 0.786. The Morgan fingerprint density at radius 1 is 1.26 bits per heavy atom. The van der Waals surface area contributed by atoms with Crippen LogP contribution in [0.4, 0.5) is 11.5 Å². The van der Waals surface area contributed by atoms with Gasteiger partial charge in [0.05, 0.1) is 17.8 Å². The van der Waals surface area contributed by atoms with Crippen molar-refractivity contribution < 1.29 is 5.11 Å². The van der Waals surface area contributed by atoms with Crippen molar-refractivity contribution in [2.45, 2.75) is 19.4 Å². The summed E-state index contributed by atoms with van der Waals surface area (Å²) in [6.07, 6.45) is 1.71. The molecule has 0 saturated heterocycles. The van der Waals surface area contributed by atoms with Gasteiger partial charge in [-0.05, 0) is 31.0 Å². The van der Waals surface area contributed by atoms with Crippen LogP contribution in [-0.2, 0) is 5.54 Å². The average Bonchev–Trinajstić information content (AvgIpc) is 2.45. The summed E-state index contributed by atoms with van der Waals surface area (Å²) in [6, 6.07) is 11.6. The van der Waals surface area contributed by atoms with Crippen LogP contribution in [0.3, 0.4) is 0 Å². The number of aromatic nitrogens is 1. The molecule has 4 nitrogen and oxygen atoms in total. The van der Waals surface area contributed by atoms with Gasteiger partial charge < -0.3 is 16.2 Å². The fraction of sp³-hybridized carbons (Fsp3) is 0.267. The summed E-state index contributed by atoms with van der Waals surface area (Å²) in [5.41, 5.74) is 7.96. The highest BCUT2D eigenvalue weighted by Gasteiger charge is 2.26. The molecule has 100 valence electrons.